The van der Waals surface area contributed by atoms with Crippen LogP contribution in [0, 0.1) is 5.92 Å². The molecular formula is C18H29Cl3O4. The van der Waals surface area contributed by atoms with Gasteiger partial charge in [0, 0.05) is 16.5 Å². The number of rotatable bonds is 12. The highest BCUT2D eigenvalue weighted by Crippen LogP contribution is 2.36. The lowest BCUT2D eigenvalue weighted by atomic mass is 9.96. The average molecular weight is 416 g/mol. The standard InChI is InChI=1S/C18H29Cl3O4/c1-5-9-13(16(22)24-7-3)11-14(19)15(20)12-18(21,10-6-2)17(23)25-8-4/h13H,5-12H2,1-4H3. The monoisotopic (exact) mass is 414 g/mol. The van der Waals surface area contributed by atoms with Crippen molar-refractivity contribution in [1.29, 1.82) is 0 Å². The van der Waals surface area contributed by atoms with E-state index in [4.69, 9.17) is 44.3 Å². The Bertz CT molecular complexity index is 465. The fourth-order valence-electron chi connectivity index (χ4n) is 2.50. The van der Waals surface area contributed by atoms with Crippen LogP contribution in [0.5, 0.6) is 0 Å². The van der Waals surface area contributed by atoms with Crippen LogP contribution in [-0.4, -0.2) is 30.0 Å². The molecule has 25 heavy (non-hydrogen) atoms. The SMILES string of the molecule is CCCC(CC(Cl)=C(Cl)CC(Cl)(CCC)C(=O)OCC)C(=O)OCC. The summed E-state index contributed by atoms with van der Waals surface area (Å²) in [5.41, 5.74) is 0. The Hall–Kier alpha value is -0.450. The maximum atomic E-state index is 12.2. The summed E-state index contributed by atoms with van der Waals surface area (Å²) in [7, 11) is 0. The number of carbonyl (C=O) groups is 2. The first kappa shape index (κ1) is 24.6. The third-order valence-corrected chi connectivity index (χ3v) is 5.02. The summed E-state index contributed by atoms with van der Waals surface area (Å²) in [6.45, 7) is 7.95. The van der Waals surface area contributed by atoms with Gasteiger partial charge in [-0.25, -0.2) is 0 Å². The molecule has 0 rings (SSSR count). The molecule has 0 aromatic carbocycles. The van der Waals surface area contributed by atoms with Crippen molar-refractivity contribution in [2.75, 3.05) is 13.2 Å². The first-order chi connectivity index (χ1) is 11.7. The highest BCUT2D eigenvalue weighted by Gasteiger charge is 2.38. The molecule has 0 N–H and O–H groups in total. The van der Waals surface area contributed by atoms with Crippen molar-refractivity contribution >= 4 is 46.7 Å². The van der Waals surface area contributed by atoms with E-state index >= 15 is 0 Å². The van der Waals surface area contributed by atoms with Gasteiger partial charge in [-0.1, -0.05) is 49.9 Å². The zero-order valence-corrected chi connectivity index (χ0v) is 17.8. The molecule has 0 heterocycles. The minimum absolute atomic E-state index is 0.0727. The summed E-state index contributed by atoms with van der Waals surface area (Å²) >= 11 is 19.1. The fourth-order valence-corrected chi connectivity index (χ4v) is 3.50. The summed E-state index contributed by atoms with van der Waals surface area (Å²) in [6, 6.07) is 0. The van der Waals surface area contributed by atoms with Crippen molar-refractivity contribution in [3.05, 3.63) is 10.1 Å². The molecule has 2 unspecified atom stereocenters. The van der Waals surface area contributed by atoms with E-state index in [-0.39, 0.29) is 36.4 Å². The minimum atomic E-state index is -1.24. The fraction of sp³-hybridized carbons (Fsp3) is 0.778. The third-order valence-electron chi connectivity index (χ3n) is 3.70. The van der Waals surface area contributed by atoms with Crippen LogP contribution in [0.3, 0.4) is 0 Å². The van der Waals surface area contributed by atoms with Gasteiger partial charge in [-0.15, -0.1) is 11.6 Å². The second-order valence-corrected chi connectivity index (χ2v) is 7.50. The lowest BCUT2D eigenvalue weighted by Crippen LogP contribution is -2.34. The van der Waals surface area contributed by atoms with Crippen LogP contribution in [0.15, 0.2) is 10.1 Å². The van der Waals surface area contributed by atoms with Gasteiger partial charge in [0.2, 0.25) is 0 Å². The molecule has 146 valence electrons. The van der Waals surface area contributed by atoms with E-state index in [1.54, 1.807) is 13.8 Å². The Morgan fingerprint density at radius 3 is 2.04 bits per heavy atom. The smallest absolute Gasteiger partial charge is 0.327 e. The number of halogens is 3. The van der Waals surface area contributed by atoms with E-state index in [0.717, 1.165) is 6.42 Å². The van der Waals surface area contributed by atoms with Crippen LogP contribution < -0.4 is 0 Å². The number of hydrogen-bond donors (Lipinski definition) is 0. The summed E-state index contributed by atoms with van der Waals surface area (Å²) in [5, 5.41) is 0.613. The topological polar surface area (TPSA) is 52.6 Å². The molecule has 7 heteroatoms. The van der Waals surface area contributed by atoms with Crippen molar-refractivity contribution in [1.82, 2.24) is 0 Å². The number of ether oxygens (including phenoxy) is 2. The molecule has 0 aromatic rings. The summed E-state index contributed by atoms with van der Waals surface area (Å²) < 4.78 is 10.1. The average Bonchev–Trinajstić information content (AvgIpc) is 2.54. The van der Waals surface area contributed by atoms with Gasteiger partial charge in [-0.3, -0.25) is 9.59 Å². The zero-order chi connectivity index (χ0) is 19.5. The third kappa shape index (κ3) is 8.65. The van der Waals surface area contributed by atoms with Gasteiger partial charge in [-0.05, 0) is 33.1 Å². The van der Waals surface area contributed by atoms with Crippen molar-refractivity contribution < 1.29 is 19.1 Å². The molecule has 0 saturated heterocycles. The first-order valence-electron chi connectivity index (χ1n) is 8.81. The number of carbonyl (C=O) groups excluding carboxylic acids is 2. The second kappa shape index (κ2) is 12.8. The summed E-state index contributed by atoms with van der Waals surface area (Å²) in [6.07, 6.45) is 2.94. The highest BCUT2D eigenvalue weighted by atomic mass is 35.5. The maximum Gasteiger partial charge on any atom is 0.327 e. The molecule has 0 aliphatic carbocycles. The molecule has 4 nitrogen and oxygen atoms in total. The van der Waals surface area contributed by atoms with Crippen molar-refractivity contribution in [2.45, 2.75) is 71.1 Å². The van der Waals surface area contributed by atoms with Crippen molar-refractivity contribution in [3.63, 3.8) is 0 Å². The van der Waals surface area contributed by atoms with E-state index < -0.39 is 10.8 Å². The lowest BCUT2D eigenvalue weighted by Gasteiger charge is -2.25. The van der Waals surface area contributed by atoms with E-state index in [1.165, 1.54) is 0 Å². The van der Waals surface area contributed by atoms with Crippen LogP contribution in [0.25, 0.3) is 0 Å². The Kier molecular flexibility index (Phi) is 12.6. The van der Waals surface area contributed by atoms with E-state index in [2.05, 4.69) is 0 Å². The minimum Gasteiger partial charge on any atom is -0.466 e. The molecule has 0 saturated carbocycles. The van der Waals surface area contributed by atoms with Crippen molar-refractivity contribution in [3.8, 4) is 0 Å². The number of esters is 2. The van der Waals surface area contributed by atoms with Crippen LogP contribution in [-0.2, 0) is 19.1 Å². The van der Waals surface area contributed by atoms with Gasteiger partial charge >= 0.3 is 11.9 Å². The molecule has 0 amide bonds. The van der Waals surface area contributed by atoms with E-state index in [0.29, 0.717) is 30.9 Å². The zero-order valence-electron chi connectivity index (χ0n) is 15.5. The molecule has 0 spiro atoms. The molecule has 0 fully saturated rings. The van der Waals surface area contributed by atoms with Crippen LogP contribution in [0.1, 0.15) is 66.2 Å². The Balaban J connectivity index is 5.23. The predicted octanol–water partition coefficient (Wildman–Crippen LogP) is 5.78. The Morgan fingerprint density at radius 1 is 0.960 bits per heavy atom. The van der Waals surface area contributed by atoms with Crippen LogP contribution in [0.4, 0.5) is 0 Å². The molecule has 0 aliphatic rings. The molecule has 0 aliphatic heterocycles. The molecule has 2 atom stereocenters. The van der Waals surface area contributed by atoms with Gasteiger partial charge in [-0.2, -0.15) is 0 Å². The normalized spacial score (nSPS) is 15.8. The van der Waals surface area contributed by atoms with Gasteiger partial charge in [0.05, 0.1) is 19.1 Å². The van der Waals surface area contributed by atoms with Gasteiger partial charge < -0.3 is 9.47 Å². The predicted molar refractivity (Wildman–Crippen MR) is 103 cm³/mol. The largest absolute Gasteiger partial charge is 0.466 e. The van der Waals surface area contributed by atoms with E-state index in [9.17, 15) is 9.59 Å². The number of alkyl halides is 1. The maximum absolute atomic E-state index is 12.2. The summed E-state index contributed by atoms with van der Waals surface area (Å²) in [5.74, 6) is -1.15. The highest BCUT2D eigenvalue weighted by molar-refractivity contribution is 6.41. The van der Waals surface area contributed by atoms with Gasteiger partial charge in [0.25, 0.3) is 0 Å². The van der Waals surface area contributed by atoms with Crippen LogP contribution in [0.2, 0.25) is 0 Å². The van der Waals surface area contributed by atoms with Crippen LogP contribution >= 0.6 is 34.8 Å². The van der Waals surface area contributed by atoms with Gasteiger partial charge in [0.1, 0.15) is 4.87 Å². The van der Waals surface area contributed by atoms with Crippen molar-refractivity contribution in [2.24, 2.45) is 5.92 Å². The Labute approximate surface area is 166 Å². The first-order valence-corrected chi connectivity index (χ1v) is 9.94. The summed E-state index contributed by atoms with van der Waals surface area (Å²) in [4.78, 5) is 23.0. The lowest BCUT2D eigenvalue weighted by molar-refractivity contribution is -0.148. The number of allylic oxidation sites excluding steroid dienone is 2. The number of hydrogen-bond acceptors (Lipinski definition) is 4. The second-order valence-electron chi connectivity index (χ2n) is 5.86. The molecule has 0 aromatic heterocycles. The van der Waals surface area contributed by atoms with Gasteiger partial charge in [0.15, 0.2) is 0 Å². The quantitative estimate of drug-likeness (QED) is 0.299. The molecule has 0 radical (unpaired) electrons. The Morgan fingerprint density at radius 2 is 1.56 bits per heavy atom. The van der Waals surface area contributed by atoms with E-state index in [1.807, 2.05) is 13.8 Å². The molecular weight excluding hydrogens is 387 g/mol. The molecule has 0 bridgehead atoms.